The van der Waals surface area contributed by atoms with Gasteiger partial charge >= 0.3 is 0 Å². The molecular weight excluding hydrogens is 174 g/mol. The van der Waals surface area contributed by atoms with E-state index in [2.05, 4.69) is 12.2 Å². The molecule has 0 aromatic heterocycles. The Kier molecular flexibility index (Phi) is 4.90. The van der Waals surface area contributed by atoms with Crippen LogP contribution < -0.4 is 4.74 Å². The fourth-order valence-electron chi connectivity index (χ4n) is 1.23. The van der Waals surface area contributed by atoms with Crippen LogP contribution in [-0.4, -0.2) is 13.7 Å². The zero-order valence-electron chi connectivity index (χ0n) is 8.99. The first-order valence-electron chi connectivity index (χ1n) is 5.19. The van der Waals surface area contributed by atoms with Gasteiger partial charge in [-0.05, 0) is 18.6 Å². The van der Waals surface area contributed by atoms with Crippen molar-refractivity contribution in [3.8, 4) is 5.75 Å². The van der Waals surface area contributed by atoms with Gasteiger partial charge in [-0.25, -0.2) is 0 Å². The Morgan fingerprint density at radius 2 is 1.86 bits per heavy atom. The largest absolute Gasteiger partial charge is 0.687 e. The summed E-state index contributed by atoms with van der Waals surface area (Å²) in [4.78, 5) is 0. The lowest BCUT2D eigenvalue weighted by atomic mass is 10.2. The molecular formula is C12H18NO-. The van der Waals surface area contributed by atoms with Crippen molar-refractivity contribution in [3.63, 3.8) is 0 Å². The Labute approximate surface area is 86.3 Å². The zero-order chi connectivity index (χ0) is 10.2. The Bertz CT molecular complexity index is 243. The number of rotatable bonds is 6. The quantitative estimate of drug-likeness (QED) is 0.627. The lowest BCUT2D eigenvalue weighted by molar-refractivity contribution is 0.306. The molecule has 0 saturated heterocycles. The van der Waals surface area contributed by atoms with Gasteiger partial charge < -0.3 is 10.1 Å². The average Bonchev–Trinajstić information content (AvgIpc) is 2.25. The van der Waals surface area contributed by atoms with Crippen molar-refractivity contribution in [2.45, 2.75) is 26.2 Å². The molecule has 1 rings (SSSR count). The average molecular weight is 192 g/mol. The van der Waals surface area contributed by atoms with Gasteiger partial charge in [-0.2, -0.15) is 0 Å². The van der Waals surface area contributed by atoms with E-state index < -0.39 is 0 Å². The maximum absolute atomic E-state index is 5.57. The van der Waals surface area contributed by atoms with Gasteiger partial charge in [-0.3, -0.25) is 0 Å². The van der Waals surface area contributed by atoms with Crippen LogP contribution in [0.1, 0.15) is 26.2 Å². The molecule has 1 aromatic carbocycles. The highest BCUT2D eigenvalue weighted by atomic mass is 16.5. The Hall–Kier alpha value is -1.18. The SMILES string of the molecule is CCCCCOc1ccc([N-]C)cc1. The van der Waals surface area contributed by atoms with E-state index in [4.69, 9.17) is 4.74 Å². The second kappa shape index (κ2) is 6.30. The molecule has 0 atom stereocenters. The molecule has 0 aliphatic heterocycles. The third kappa shape index (κ3) is 3.69. The summed E-state index contributed by atoms with van der Waals surface area (Å²) < 4.78 is 5.57. The van der Waals surface area contributed by atoms with Crippen molar-refractivity contribution in [3.05, 3.63) is 29.6 Å². The van der Waals surface area contributed by atoms with Crippen molar-refractivity contribution >= 4 is 5.69 Å². The van der Waals surface area contributed by atoms with E-state index in [0.29, 0.717) is 0 Å². The molecule has 0 unspecified atom stereocenters. The van der Waals surface area contributed by atoms with Gasteiger partial charge in [0.25, 0.3) is 0 Å². The summed E-state index contributed by atoms with van der Waals surface area (Å²) >= 11 is 0. The van der Waals surface area contributed by atoms with E-state index >= 15 is 0 Å². The smallest absolute Gasteiger partial charge is 0.119 e. The number of unbranched alkanes of at least 4 members (excludes halogenated alkanes) is 2. The molecule has 14 heavy (non-hydrogen) atoms. The van der Waals surface area contributed by atoms with Crippen LogP contribution in [0.4, 0.5) is 5.69 Å². The summed E-state index contributed by atoms with van der Waals surface area (Å²) in [5.41, 5.74) is 0.992. The third-order valence-corrected chi connectivity index (χ3v) is 2.11. The summed E-state index contributed by atoms with van der Waals surface area (Å²) in [5, 5.41) is 4.07. The maximum atomic E-state index is 5.57. The molecule has 0 bridgehead atoms. The molecule has 0 heterocycles. The van der Waals surface area contributed by atoms with Gasteiger partial charge in [-0.1, -0.05) is 31.9 Å². The molecule has 0 aliphatic carbocycles. The first-order chi connectivity index (χ1) is 6.86. The van der Waals surface area contributed by atoms with Crippen molar-refractivity contribution < 1.29 is 4.74 Å². The molecule has 2 nitrogen and oxygen atoms in total. The Balaban J connectivity index is 2.29. The van der Waals surface area contributed by atoms with Gasteiger partial charge in [-0.15, -0.1) is 12.7 Å². The summed E-state index contributed by atoms with van der Waals surface area (Å²) in [6.07, 6.45) is 3.61. The van der Waals surface area contributed by atoms with Gasteiger partial charge in [0, 0.05) is 0 Å². The maximum Gasteiger partial charge on any atom is 0.119 e. The molecule has 0 fully saturated rings. The molecule has 1 aromatic rings. The molecule has 2 heteroatoms. The van der Waals surface area contributed by atoms with Crippen LogP contribution in [-0.2, 0) is 0 Å². The highest BCUT2D eigenvalue weighted by Gasteiger charge is 1.91. The van der Waals surface area contributed by atoms with E-state index in [-0.39, 0.29) is 0 Å². The highest BCUT2D eigenvalue weighted by Crippen LogP contribution is 2.20. The second-order valence-electron chi connectivity index (χ2n) is 3.27. The van der Waals surface area contributed by atoms with E-state index in [1.54, 1.807) is 7.05 Å². The fourth-order valence-corrected chi connectivity index (χ4v) is 1.23. The van der Waals surface area contributed by atoms with Crippen molar-refractivity contribution in [2.24, 2.45) is 0 Å². The summed E-state index contributed by atoms with van der Waals surface area (Å²) in [6, 6.07) is 7.87. The van der Waals surface area contributed by atoms with E-state index in [0.717, 1.165) is 24.5 Å². The molecule has 0 aliphatic rings. The Morgan fingerprint density at radius 1 is 1.14 bits per heavy atom. The lowest BCUT2D eigenvalue weighted by Crippen LogP contribution is -1.96. The minimum atomic E-state index is 0.816. The number of hydrogen-bond acceptors (Lipinski definition) is 1. The lowest BCUT2D eigenvalue weighted by Gasteiger charge is -2.13. The first-order valence-corrected chi connectivity index (χ1v) is 5.19. The zero-order valence-corrected chi connectivity index (χ0v) is 8.99. The Morgan fingerprint density at radius 3 is 2.43 bits per heavy atom. The fraction of sp³-hybridized carbons (Fsp3) is 0.500. The van der Waals surface area contributed by atoms with Gasteiger partial charge in [0.05, 0.1) is 6.61 Å². The summed E-state index contributed by atoms with van der Waals surface area (Å²) in [6.45, 7) is 3.01. The predicted octanol–water partition coefficient (Wildman–Crippen LogP) is 3.89. The normalized spacial score (nSPS) is 9.86. The number of ether oxygens (including phenoxy) is 1. The van der Waals surface area contributed by atoms with Crippen LogP contribution in [0.15, 0.2) is 24.3 Å². The predicted molar refractivity (Wildman–Crippen MR) is 60.4 cm³/mol. The van der Waals surface area contributed by atoms with Crippen LogP contribution in [0.5, 0.6) is 5.75 Å². The van der Waals surface area contributed by atoms with E-state index in [1.165, 1.54) is 12.8 Å². The molecule has 0 spiro atoms. The van der Waals surface area contributed by atoms with Crippen LogP contribution >= 0.6 is 0 Å². The number of benzene rings is 1. The van der Waals surface area contributed by atoms with Gasteiger partial charge in [0.15, 0.2) is 0 Å². The minimum absolute atomic E-state index is 0.816. The standard InChI is InChI=1S/C12H18NO/c1-3-4-5-10-14-12-8-6-11(13-2)7-9-12/h6-9H,3-5,10H2,1-2H3/q-1. The first kappa shape index (κ1) is 10.9. The third-order valence-electron chi connectivity index (χ3n) is 2.11. The van der Waals surface area contributed by atoms with E-state index in [1.807, 2.05) is 24.3 Å². The van der Waals surface area contributed by atoms with Crippen molar-refractivity contribution in [1.82, 2.24) is 0 Å². The molecule has 0 N–H and O–H groups in total. The number of hydrogen-bond donors (Lipinski definition) is 0. The molecule has 0 radical (unpaired) electrons. The molecule has 0 saturated carbocycles. The van der Waals surface area contributed by atoms with E-state index in [9.17, 15) is 0 Å². The topological polar surface area (TPSA) is 23.3 Å². The van der Waals surface area contributed by atoms with Crippen LogP contribution in [0, 0.1) is 0 Å². The van der Waals surface area contributed by atoms with Gasteiger partial charge in [0.1, 0.15) is 5.75 Å². The van der Waals surface area contributed by atoms with Crippen LogP contribution in [0.2, 0.25) is 0 Å². The minimum Gasteiger partial charge on any atom is -0.687 e. The van der Waals surface area contributed by atoms with Crippen molar-refractivity contribution in [1.29, 1.82) is 0 Å². The summed E-state index contributed by atoms with van der Waals surface area (Å²) in [7, 11) is 1.79. The molecule has 78 valence electrons. The van der Waals surface area contributed by atoms with Crippen LogP contribution in [0.3, 0.4) is 0 Å². The monoisotopic (exact) mass is 192 g/mol. The van der Waals surface area contributed by atoms with Gasteiger partial charge in [0.2, 0.25) is 0 Å². The highest BCUT2D eigenvalue weighted by molar-refractivity contribution is 5.49. The number of nitrogens with zero attached hydrogens (tertiary/aromatic N) is 1. The summed E-state index contributed by atoms with van der Waals surface area (Å²) in [5.74, 6) is 0.938. The van der Waals surface area contributed by atoms with Crippen LogP contribution in [0.25, 0.3) is 5.32 Å². The second-order valence-corrected chi connectivity index (χ2v) is 3.27. The molecule has 0 amide bonds. The van der Waals surface area contributed by atoms with Crippen molar-refractivity contribution in [2.75, 3.05) is 13.7 Å².